The van der Waals surface area contributed by atoms with Gasteiger partial charge in [-0.15, -0.1) is 5.10 Å². The van der Waals surface area contributed by atoms with E-state index in [1.54, 1.807) is 18.2 Å². The zero-order valence-electron chi connectivity index (χ0n) is 13.1. The van der Waals surface area contributed by atoms with Crippen molar-refractivity contribution in [3.05, 3.63) is 63.8 Å². The molecule has 1 heterocycles. The number of anilines is 4. The number of benzene rings is 2. The predicted octanol–water partition coefficient (Wildman–Crippen LogP) is 5.28. The van der Waals surface area contributed by atoms with E-state index in [1.807, 2.05) is 32.0 Å². The van der Waals surface area contributed by atoms with Crippen molar-refractivity contribution in [1.82, 2.24) is 15.2 Å². The maximum absolute atomic E-state index is 6.16. The van der Waals surface area contributed by atoms with E-state index in [9.17, 15) is 0 Å². The van der Waals surface area contributed by atoms with Crippen LogP contribution in [0, 0.1) is 13.8 Å². The summed E-state index contributed by atoms with van der Waals surface area (Å²) in [7, 11) is 0. The van der Waals surface area contributed by atoms with E-state index in [4.69, 9.17) is 23.2 Å². The maximum atomic E-state index is 6.16. The van der Waals surface area contributed by atoms with Gasteiger partial charge in [0, 0.05) is 10.7 Å². The number of hydrogen-bond donors (Lipinski definition) is 2. The summed E-state index contributed by atoms with van der Waals surface area (Å²) in [5.41, 5.74) is 3.89. The lowest BCUT2D eigenvalue weighted by molar-refractivity contribution is 0.981. The average Bonchev–Trinajstić information content (AvgIpc) is 2.54. The Morgan fingerprint density at radius 1 is 0.958 bits per heavy atom. The van der Waals surface area contributed by atoms with Crippen LogP contribution in [0.1, 0.15) is 11.1 Å². The van der Waals surface area contributed by atoms with E-state index in [-0.39, 0.29) is 0 Å². The lowest BCUT2D eigenvalue weighted by Gasteiger charge is -2.12. The van der Waals surface area contributed by atoms with Crippen LogP contribution >= 0.6 is 23.2 Å². The van der Waals surface area contributed by atoms with Gasteiger partial charge in [-0.2, -0.15) is 10.1 Å². The molecule has 2 aromatic carbocycles. The highest BCUT2D eigenvalue weighted by Crippen LogP contribution is 2.28. The first-order chi connectivity index (χ1) is 11.5. The van der Waals surface area contributed by atoms with Crippen LogP contribution in [0.15, 0.2) is 42.6 Å². The van der Waals surface area contributed by atoms with Gasteiger partial charge in [-0.1, -0.05) is 41.4 Å². The van der Waals surface area contributed by atoms with Gasteiger partial charge in [0.05, 0.1) is 16.9 Å². The zero-order valence-corrected chi connectivity index (χ0v) is 14.7. The number of nitrogens with one attached hydrogen (secondary N) is 2. The summed E-state index contributed by atoms with van der Waals surface area (Å²) >= 11 is 12.1. The molecule has 0 spiro atoms. The van der Waals surface area contributed by atoms with Gasteiger partial charge in [0.1, 0.15) is 0 Å². The van der Waals surface area contributed by atoms with Crippen molar-refractivity contribution in [2.75, 3.05) is 10.6 Å². The zero-order chi connectivity index (χ0) is 17.1. The molecule has 0 aliphatic heterocycles. The first-order valence-corrected chi connectivity index (χ1v) is 8.03. The largest absolute Gasteiger partial charge is 0.338 e. The number of aryl methyl sites for hydroxylation is 2. The summed E-state index contributed by atoms with van der Waals surface area (Å²) in [5, 5.41) is 15.4. The van der Waals surface area contributed by atoms with Crippen LogP contribution < -0.4 is 10.6 Å². The van der Waals surface area contributed by atoms with E-state index in [0.29, 0.717) is 27.5 Å². The van der Waals surface area contributed by atoms with E-state index in [0.717, 1.165) is 16.8 Å². The summed E-state index contributed by atoms with van der Waals surface area (Å²) in [5.74, 6) is 0.936. The van der Waals surface area contributed by atoms with Crippen LogP contribution in [0.5, 0.6) is 0 Å². The average molecular weight is 360 g/mol. The van der Waals surface area contributed by atoms with Gasteiger partial charge in [0.2, 0.25) is 5.95 Å². The number of hydrogen-bond acceptors (Lipinski definition) is 5. The number of aromatic nitrogens is 3. The first-order valence-electron chi connectivity index (χ1n) is 7.28. The van der Waals surface area contributed by atoms with Crippen molar-refractivity contribution in [3.8, 4) is 0 Å². The molecular formula is C17H15Cl2N5. The van der Waals surface area contributed by atoms with Crippen molar-refractivity contribution in [3.63, 3.8) is 0 Å². The Morgan fingerprint density at radius 2 is 1.71 bits per heavy atom. The SMILES string of the molecule is Cc1cccc(C)c1Nc1nncc(Nc2ccc(Cl)cc2Cl)n1. The second kappa shape index (κ2) is 7.03. The molecule has 122 valence electrons. The van der Waals surface area contributed by atoms with Crippen LogP contribution in [0.3, 0.4) is 0 Å². The molecule has 1 aromatic heterocycles. The topological polar surface area (TPSA) is 62.7 Å². The van der Waals surface area contributed by atoms with Crippen LogP contribution in [0.25, 0.3) is 0 Å². The fourth-order valence-electron chi connectivity index (χ4n) is 2.27. The molecule has 3 rings (SSSR count). The molecular weight excluding hydrogens is 345 g/mol. The molecule has 7 heteroatoms. The van der Waals surface area contributed by atoms with Crippen molar-refractivity contribution in [2.45, 2.75) is 13.8 Å². The summed E-state index contributed by atoms with van der Waals surface area (Å²) in [6, 6.07) is 11.3. The number of rotatable bonds is 4. The molecule has 2 N–H and O–H groups in total. The van der Waals surface area contributed by atoms with E-state index < -0.39 is 0 Å². The minimum Gasteiger partial charge on any atom is -0.338 e. The summed E-state index contributed by atoms with van der Waals surface area (Å²) < 4.78 is 0. The van der Waals surface area contributed by atoms with Crippen LogP contribution in [0.2, 0.25) is 10.0 Å². The van der Waals surface area contributed by atoms with Crippen LogP contribution in [-0.4, -0.2) is 15.2 Å². The Kier molecular flexibility index (Phi) is 4.83. The fourth-order valence-corrected chi connectivity index (χ4v) is 2.72. The standard InChI is InChI=1S/C17H15Cl2N5/c1-10-4-3-5-11(2)16(10)23-17-22-15(9-20-24-17)21-14-7-6-12(18)8-13(14)19/h3-9H,1-2H3,(H2,21,22,23,24). The first kappa shape index (κ1) is 16.5. The number of para-hydroxylation sites is 1. The molecule has 24 heavy (non-hydrogen) atoms. The minimum atomic E-state index is 0.405. The fraction of sp³-hybridized carbons (Fsp3) is 0.118. The third kappa shape index (κ3) is 3.75. The second-order valence-corrected chi connectivity index (χ2v) is 6.15. The predicted molar refractivity (Wildman–Crippen MR) is 98.8 cm³/mol. The van der Waals surface area contributed by atoms with Gasteiger partial charge in [0.25, 0.3) is 0 Å². The van der Waals surface area contributed by atoms with E-state index in [1.165, 1.54) is 6.20 Å². The molecule has 0 atom stereocenters. The molecule has 0 aliphatic carbocycles. The lowest BCUT2D eigenvalue weighted by Crippen LogP contribution is -2.04. The summed E-state index contributed by atoms with van der Waals surface area (Å²) in [4.78, 5) is 4.42. The van der Waals surface area contributed by atoms with Gasteiger partial charge < -0.3 is 10.6 Å². The molecule has 3 aromatic rings. The highest BCUT2D eigenvalue weighted by Gasteiger charge is 2.07. The van der Waals surface area contributed by atoms with Crippen LogP contribution in [0.4, 0.5) is 23.1 Å². The van der Waals surface area contributed by atoms with Gasteiger partial charge in [-0.25, -0.2) is 0 Å². The molecule has 0 aliphatic rings. The minimum absolute atomic E-state index is 0.405. The van der Waals surface area contributed by atoms with Gasteiger partial charge in [-0.05, 0) is 43.2 Å². The Morgan fingerprint density at radius 3 is 2.42 bits per heavy atom. The summed E-state index contributed by atoms with van der Waals surface area (Å²) in [6.45, 7) is 4.05. The normalized spacial score (nSPS) is 10.5. The Balaban J connectivity index is 1.84. The highest BCUT2D eigenvalue weighted by molar-refractivity contribution is 6.36. The molecule has 0 amide bonds. The molecule has 0 unspecified atom stereocenters. The Labute approximate surface area is 150 Å². The molecule has 0 saturated carbocycles. The highest BCUT2D eigenvalue weighted by atomic mass is 35.5. The maximum Gasteiger partial charge on any atom is 0.249 e. The van der Waals surface area contributed by atoms with Gasteiger partial charge >= 0.3 is 0 Å². The third-order valence-corrected chi connectivity index (χ3v) is 4.02. The Bertz CT molecular complexity index is 862. The lowest BCUT2D eigenvalue weighted by atomic mass is 10.1. The molecule has 0 fully saturated rings. The Hall–Kier alpha value is -2.37. The molecule has 0 radical (unpaired) electrons. The van der Waals surface area contributed by atoms with Crippen molar-refractivity contribution in [2.24, 2.45) is 0 Å². The quantitative estimate of drug-likeness (QED) is 0.663. The number of nitrogens with zero attached hydrogens (tertiary/aromatic N) is 3. The second-order valence-electron chi connectivity index (χ2n) is 5.31. The van der Waals surface area contributed by atoms with Crippen molar-refractivity contribution < 1.29 is 0 Å². The summed E-state index contributed by atoms with van der Waals surface area (Å²) in [6.07, 6.45) is 1.53. The van der Waals surface area contributed by atoms with Crippen LogP contribution in [-0.2, 0) is 0 Å². The van der Waals surface area contributed by atoms with E-state index in [2.05, 4.69) is 25.8 Å². The monoisotopic (exact) mass is 359 g/mol. The van der Waals surface area contributed by atoms with E-state index >= 15 is 0 Å². The number of halogens is 2. The smallest absolute Gasteiger partial charge is 0.249 e. The third-order valence-electron chi connectivity index (χ3n) is 3.47. The van der Waals surface area contributed by atoms with Crippen molar-refractivity contribution >= 4 is 46.3 Å². The van der Waals surface area contributed by atoms with Gasteiger partial charge in [-0.3, -0.25) is 0 Å². The molecule has 5 nitrogen and oxygen atoms in total. The molecule has 0 bridgehead atoms. The van der Waals surface area contributed by atoms with Crippen molar-refractivity contribution in [1.29, 1.82) is 0 Å². The molecule has 0 saturated heterocycles. The van der Waals surface area contributed by atoms with Gasteiger partial charge in [0.15, 0.2) is 5.82 Å².